The van der Waals surface area contributed by atoms with Crippen LogP contribution in [0.2, 0.25) is 0 Å². The SMILES string of the molecule is Cc1ccc(NC(=O)c2ccc3c(c2)C[C@H](c2ccccc2)OC3=O)cc1C. The molecular weight excluding hydrogens is 350 g/mol. The van der Waals surface area contributed by atoms with E-state index in [1.165, 1.54) is 5.56 Å². The second-order valence-electron chi connectivity index (χ2n) is 7.13. The molecule has 1 heterocycles. The Bertz CT molecular complexity index is 1060. The normalized spacial score (nSPS) is 15.5. The number of aryl methyl sites for hydroxylation is 2. The first-order valence-electron chi connectivity index (χ1n) is 9.29. The van der Waals surface area contributed by atoms with Gasteiger partial charge >= 0.3 is 5.97 Å². The van der Waals surface area contributed by atoms with Gasteiger partial charge in [-0.3, -0.25) is 4.79 Å². The number of ether oxygens (including phenoxy) is 1. The lowest BCUT2D eigenvalue weighted by Crippen LogP contribution is -2.23. The van der Waals surface area contributed by atoms with Crippen molar-refractivity contribution in [2.45, 2.75) is 26.4 Å². The first-order chi connectivity index (χ1) is 13.5. The molecule has 0 aromatic heterocycles. The number of carbonyl (C=O) groups is 2. The molecule has 1 aliphatic rings. The molecule has 3 aromatic rings. The van der Waals surface area contributed by atoms with Crippen LogP contribution < -0.4 is 5.32 Å². The molecule has 0 aliphatic carbocycles. The lowest BCUT2D eigenvalue weighted by atomic mass is 9.93. The Hall–Kier alpha value is -3.40. The van der Waals surface area contributed by atoms with Gasteiger partial charge in [-0.1, -0.05) is 36.4 Å². The van der Waals surface area contributed by atoms with Crippen LogP contribution >= 0.6 is 0 Å². The molecule has 4 nitrogen and oxygen atoms in total. The molecule has 4 heteroatoms. The van der Waals surface area contributed by atoms with Gasteiger partial charge in [0.05, 0.1) is 5.56 Å². The van der Waals surface area contributed by atoms with E-state index in [1.54, 1.807) is 18.2 Å². The van der Waals surface area contributed by atoms with E-state index < -0.39 is 0 Å². The molecule has 0 bridgehead atoms. The molecule has 0 saturated carbocycles. The largest absolute Gasteiger partial charge is 0.454 e. The Morgan fingerprint density at radius 1 is 0.964 bits per heavy atom. The van der Waals surface area contributed by atoms with Crippen LogP contribution in [0.15, 0.2) is 66.7 Å². The zero-order valence-electron chi connectivity index (χ0n) is 15.9. The van der Waals surface area contributed by atoms with E-state index in [2.05, 4.69) is 5.32 Å². The molecule has 0 saturated heterocycles. The molecule has 1 N–H and O–H groups in total. The summed E-state index contributed by atoms with van der Waals surface area (Å²) in [5, 5.41) is 2.93. The molecule has 28 heavy (non-hydrogen) atoms. The number of fused-ring (bicyclic) bond motifs is 1. The standard InChI is InChI=1S/C24H21NO3/c1-15-8-10-20(12-16(15)2)25-23(26)18-9-11-21-19(13-18)14-22(28-24(21)27)17-6-4-3-5-7-17/h3-13,22H,14H2,1-2H3,(H,25,26)/t22-/m1/s1. The molecule has 0 fully saturated rings. The monoisotopic (exact) mass is 371 g/mol. The van der Waals surface area contributed by atoms with Gasteiger partial charge in [0.15, 0.2) is 0 Å². The maximum atomic E-state index is 12.7. The van der Waals surface area contributed by atoms with Crippen LogP contribution in [0, 0.1) is 13.8 Å². The van der Waals surface area contributed by atoms with Crippen LogP contribution in [-0.4, -0.2) is 11.9 Å². The number of nitrogens with one attached hydrogen (secondary N) is 1. The summed E-state index contributed by atoms with van der Waals surface area (Å²) in [4.78, 5) is 25.1. The van der Waals surface area contributed by atoms with Gasteiger partial charge in [-0.05, 0) is 66.4 Å². The zero-order chi connectivity index (χ0) is 19.7. The number of cyclic esters (lactones) is 1. The summed E-state index contributed by atoms with van der Waals surface area (Å²) in [6, 6.07) is 20.6. The van der Waals surface area contributed by atoms with E-state index >= 15 is 0 Å². The lowest BCUT2D eigenvalue weighted by molar-refractivity contribution is 0.0252. The minimum Gasteiger partial charge on any atom is -0.454 e. The highest BCUT2D eigenvalue weighted by atomic mass is 16.5. The number of anilines is 1. The minimum absolute atomic E-state index is 0.193. The van der Waals surface area contributed by atoms with Crippen molar-refractivity contribution in [2.75, 3.05) is 5.32 Å². The van der Waals surface area contributed by atoms with Gasteiger partial charge < -0.3 is 10.1 Å². The third-order valence-corrected chi connectivity index (χ3v) is 5.18. The van der Waals surface area contributed by atoms with E-state index in [0.717, 1.165) is 22.4 Å². The Balaban J connectivity index is 1.58. The first-order valence-corrected chi connectivity index (χ1v) is 9.29. The van der Waals surface area contributed by atoms with Crippen molar-refractivity contribution in [1.29, 1.82) is 0 Å². The van der Waals surface area contributed by atoms with Gasteiger partial charge in [-0.15, -0.1) is 0 Å². The molecule has 1 aliphatic heterocycles. The smallest absolute Gasteiger partial charge is 0.339 e. The molecule has 0 unspecified atom stereocenters. The van der Waals surface area contributed by atoms with Gasteiger partial charge in [0.25, 0.3) is 5.91 Å². The minimum atomic E-state index is -0.351. The summed E-state index contributed by atoms with van der Waals surface area (Å²) in [5.41, 5.74) is 5.89. The second-order valence-corrected chi connectivity index (χ2v) is 7.13. The van der Waals surface area contributed by atoms with Gasteiger partial charge in [0.2, 0.25) is 0 Å². The lowest BCUT2D eigenvalue weighted by Gasteiger charge is -2.25. The molecule has 0 spiro atoms. The maximum absolute atomic E-state index is 12.7. The summed E-state index contributed by atoms with van der Waals surface area (Å²) >= 11 is 0. The van der Waals surface area contributed by atoms with Crippen LogP contribution in [0.25, 0.3) is 0 Å². The van der Waals surface area contributed by atoms with Crippen LogP contribution in [-0.2, 0) is 11.2 Å². The van der Waals surface area contributed by atoms with Crippen molar-refractivity contribution >= 4 is 17.6 Å². The highest BCUT2D eigenvalue weighted by Gasteiger charge is 2.28. The fourth-order valence-electron chi connectivity index (χ4n) is 3.41. The first kappa shape index (κ1) is 18.0. The van der Waals surface area contributed by atoms with Crippen molar-refractivity contribution in [3.05, 3.63) is 100 Å². The van der Waals surface area contributed by atoms with Gasteiger partial charge in [-0.25, -0.2) is 4.79 Å². The maximum Gasteiger partial charge on any atom is 0.339 e. The summed E-state index contributed by atoms with van der Waals surface area (Å²) in [6.45, 7) is 4.05. The number of hydrogen-bond acceptors (Lipinski definition) is 3. The third kappa shape index (κ3) is 3.54. The van der Waals surface area contributed by atoms with E-state index in [4.69, 9.17) is 4.74 Å². The van der Waals surface area contributed by atoms with E-state index in [1.807, 2.05) is 62.4 Å². The molecule has 1 atom stereocenters. The van der Waals surface area contributed by atoms with Crippen LogP contribution in [0.3, 0.4) is 0 Å². The average Bonchev–Trinajstić information content (AvgIpc) is 2.71. The number of amides is 1. The molecule has 3 aromatic carbocycles. The van der Waals surface area contributed by atoms with E-state index in [0.29, 0.717) is 17.5 Å². The van der Waals surface area contributed by atoms with Crippen molar-refractivity contribution in [2.24, 2.45) is 0 Å². The van der Waals surface area contributed by atoms with E-state index in [-0.39, 0.29) is 18.0 Å². The Morgan fingerprint density at radius 3 is 2.50 bits per heavy atom. The molecule has 0 radical (unpaired) electrons. The highest BCUT2D eigenvalue weighted by molar-refractivity contribution is 6.05. The number of carbonyl (C=O) groups excluding carboxylic acids is 2. The van der Waals surface area contributed by atoms with Crippen molar-refractivity contribution in [1.82, 2.24) is 0 Å². The predicted octanol–water partition coefficient (Wildman–Crippen LogP) is 5.01. The quantitative estimate of drug-likeness (QED) is 0.659. The summed E-state index contributed by atoms with van der Waals surface area (Å²) in [5.74, 6) is -0.544. The fraction of sp³-hybridized carbons (Fsp3) is 0.167. The Kier molecular flexibility index (Phi) is 4.70. The van der Waals surface area contributed by atoms with Crippen molar-refractivity contribution in [3.8, 4) is 0 Å². The van der Waals surface area contributed by atoms with Gasteiger partial charge in [-0.2, -0.15) is 0 Å². The number of esters is 1. The summed E-state index contributed by atoms with van der Waals surface area (Å²) in [7, 11) is 0. The number of benzene rings is 3. The van der Waals surface area contributed by atoms with E-state index in [9.17, 15) is 9.59 Å². The number of rotatable bonds is 3. The number of hydrogen-bond donors (Lipinski definition) is 1. The predicted molar refractivity (Wildman–Crippen MR) is 109 cm³/mol. The van der Waals surface area contributed by atoms with Crippen LogP contribution in [0.1, 0.15) is 49.1 Å². The van der Waals surface area contributed by atoms with Crippen molar-refractivity contribution in [3.63, 3.8) is 0 Å². The fourth-order valence-corrected chi connectivity index (χ4v) is 3.41. The van der Waals surface area contributed by atoms with Crippen LogP contribution in [0.4, 0.5) is 5.69 Å². The summed E-state index contributed by atoms with van der Waals surface area (Å²) < 4.78 is 5.58. The van der Waals surface area contributed by atoms with Crippen molar-refractivity contribution < 1.29 is 14.3 Å². The average molecular weight is 371 g/mol. The Labute approximate surface area is 164 Å². The molecule has 140 valence electrons. The third-order valence-electron chi connectivity index (χ3n) is 5.18. The topological polar surface area (TPSA) is 55.4 Å². The Morgan fingerprint density at radius 2 is 1.75 bits per heavy atom. The molecule has 4 rings (SSSR count). The molecular formula is C24H21NO3. The van der Waals surface area contributed by atoms with Crippen LogP contribution in [0.5, 0.6) is 0 Å². The molecule has 1 amide bonds. The summed E-state index contributed by atoms with van der Waals surface area (Å²) in [6.07, 6.45) is 0.217. The van der Waals surface area contributed by atoms with Gasteiger partial charge in [0.1, 0.15) is 6.10 Å². The second kappa shape index (κ2) is 7.31. The van der Waals surface area contributed by atoms with Gasteiger partial charge in [0, 0.05) is 17.7 Å². The highest BCUT2D eigenvalue weighted by Crippen LogP contribution is 2.31. The zero-order valence-corrected chi connectivity index (χ0v) is 15.9.